The molecule has 0 unspecified atom stereocenters. The van der Waals surface area contributed by atoms with Gasteiger partial charge in [0.25, 0.3) is 0 Å². The van der Waals surface area contributed by atoms with E-state index in [-0.39, 0.29) is 12.1 Å². The predicted molar refractivity (Wildman–Crippen MR) is 109 cm³/mol. The van der Waals surface area contributed by atoms with Gasteiger partial charge in [0.1, 0.15) is 11.4 Å². The van der Waals surface area contributed by atoms with Gasteiger partial charge < -0.3 is 10.4 Å². The minimum absolute atomic E-state index is 0.0510. The van der Waals surface area contributed by atoms with Crippen LogP contribution in [0.2, 0.25) is 5.02 Å². The molecule has 2 aromatic rings. The fourth-order valence-corrected chi connectivity index (χ4v) is 5.33. The smallest absolute Gasteiger partial charge is 0.250 e. The van der Waals surface area contributed by atoms with Crippen LogP contribution in [0.4, 0.5) is 10.1 Å². The van der Waals surface area contributed by atoms with E-state index >= 15 is 0 Å². The fourth-order valence-electron chi connectivity index (χ4n) is 5.13. The minimum atomic E-state index is -1.65. The Hall–Kier alpha value is -2.81. The van der Waals surface area contributed by atoms with Crippen molar-refractivity contribution in [3.63, 3.8) is 0 Å². The molecular weight excluding hydrogens is 425 g/mol. The fraction of sp³-hybridized carbons (Fsp3) is 0.318. The molecule has 0 aliphatic carbocycles. The maximum atomic E-state index is 14.1. The quantitative estimate of drug-likeness (QED) is 0.628. The number of hydrogen-bond donors (Lipinski definition) is 3. The van der Waals surface area contributed by atoms with Crippen molar-refractivity contribution in [2.45, 2.75) is 31.2 Å². The van der Waals surface area contributed by atoms with Gasteiger partial charge in [0.2, 0.25) is 17.7 Å². The van der Waals surface area contributed by atoms with E-state index in [2.05, 4.69) is 10.6 Å². The molecule has 2 aromatic carbocycles. The summed E-state index contributed by atoms with van der Waals surface area (Å²) in [5.74, 6) is -4.27. The molecule has 0 bridgehead atoms. The van der Waals surface area contributed by atoms with Crippen LogP contribution in [0.3, 0.4) is 0 Å². The van der Waals surface area contributed by atoms with Crippen molar-refractivity contribution in [3.05, 3.63) is 64.4 Å². The van der Waals surface area contributed by atoms with E-state index in [0.29, 0.717) is 16.3 Å². The van der Waals surface area contributed by atoms with Crippen molar-refractivity contribution in [3.8, 4) is 0 Å². The van der Waals surface area contributed by atoms with Gasteiger partial charge in [0, 0.05) is 22.3 Å². The van der Waals surface area contributed by atoms with Crippen LogP contribution in [0.15, 0.2) is 42.5 Å². The zero-order chi connectivity index (χ0) is 22.1. The van der Waals surface area contributed by atoms with Crippen molar-refractivity contribution < 1.29 is 23.9 Å². The number of imide groups is 1. The molecule has 0 saturated carbocycles. The third kappa shape index (κ3) is 2.68. The van der Waals surface area contributed by atoms with Gasteiger partial charge in [-0.3, -0.25) is 24.6 Å². The maximum Gasteiger partial charge on any atom is 0.250 e. The van der Waals surface area contributed by atoms with Crippen LogP contribution in [0.25, 0.3) is 0 Å². The summed E-state index contributed by atoms with van der Waals surface area (Å²) in [4.78, 5) is 41.2. The Morgan fingerprint density at radius 3 is 2.65 bits per heavy atom. The Morgan fingerprint density at radius 2 is 1.94 bits per heavy atom. The van der Waals surface area contributed by atoms with Crippen LogP contribution in [0, 0.1) is 17.7 Å². The van der Waals surface area contributed by atoms with Crippen LogP contribution in [-0.4, -0.2) is 39.9 Å². The molecule has 31 heavy (non-hydrogen) atoms. The van der Waals surface area contributed by atoms with Crippen LogP contribution >= 0.6 is 11.6 Å². The molecule has 7 nitrogen and oxygen atoms in total. The molecule has 9 heteroatoms. The van der Waals surface area contributed by atoms with Gasteiger partial charge in [-0.25, -0.2) is 4.39 Å². The first-order valence-electron chi connectivity index (χ1n) is 9.91. The molecule has 2 saturated heterocycles. The average molecular weight is 444 g/mol. The van der Waals surface area contributed by atoms with E-state index in [4.69, 9.17) is 11.6 Å². The lowest BCUT2D eigenvalue weighted by molar-refractivity contribution is -0.143. The monoisotopic (exact) mass is 443 g/mol. The molecule has 2 fully saturated rings. The highest BCUT2D eigenvalue weighted by molar-refractivity contribution is 6.31. The van der Waals surface area contributed by atoms with Crippen molar-refractivity contribution in [2.75, 3.05) is 5.32 Å². The molecule has 160 valence electrons. The Balaban J connectivity index is 1.63. The minimum Gasteiger partial charge on any atom is -0.392 e. The lowest BCUT2D eigenvalue weighted by atomic mass is 9.76. The first-order valence-corrected chi connectivity index (χ1v) is 10.3. The van der Waals surface area contributed by atoms with E-state index in [1.54, 1.807) is 24.3 Å². The van der Waals surface area contributed by atoms with Crippen molar-refractivity contribution in [1.29, 1.82) is 0 Å². The van der Waals surface area contributed by atoms with Gasteiger partial charge in [0.05, 0.1) is 24.5 Å². The molecule has 5 rings (SSSR count). The first-order chi connectivity index (χ1) is 14.8. The Bertz CT molecular complexity index is 1140. The molecule has 5 atom stereocenters. The number of aliphatic hydroxyl groups excluding tert-OH is 1. The number of hydrogen-bond acceptors (Lipinski definition) is 5. The topological polar surface area (TPSA) is 98.7 Å². The van der Waals surface area contributed by atoms with Gasteiger partial charge in [0.15, 0.2) is 0 Å². The molecule has 3 N–H and O–H groups in total. The van der Waals surface area contributed by atoms with Crippen LogP contribution in [0.1, 0.15) is 18.1 Å². The molecule has 0 aromatic heterocycles. The zero-order valence-corrected chi connectivity index (χ0v) is 17.2. The van der Waals surface area contributed by atoms with E-state index < -0.39 is 53.1 Å². The standard InChI is InChI=1S/C22H19ClFN3O4/c1-10(28)18-16-17(20(30)27(19(16)29)9-11-4-2-3-5-14(11)23)22(26-18)13-8-12(24)6-7-15(13)25-21(22)31/h2-8,10,16-18,26,28H,9H2,1H3,(H,25,31)/t10-,16+,17+,18-,22+/m1/s1. The zero-order valence-electron chi connectivity index (χ0n) is 16.4. The van der Waals surface area contributed by atoms with E-state index in [1.807, 2.05) is 0 Å². The lowest BCUT2D eigenvalue weighted by Crippen LogP contribution is -2.54. The summed E-state index contributed by atoms with van der Waals surface area (Å²) in [5.41, 5.74) is -0.431. The maximum absolute atomic E-state index is 14.1. The Morgan fingerprint density at radius 1 is 1.19 bits per heavy atom. The van der Waals surface area contributed by atoms with Crippen molar-refractivity contribution >= 4 is 35.0 Å². The molecule has 3 aliphatic heterocycles. The number of amides is 3. The molecule has 0 radical (unpaired) electrons. The van der Waals surface area contributed by atoms with Gasteiger partial charge >= 0.3 is 0 Å². The number of nitrogens with zero attached hydrogens (tertiary/aromatic N) is 1. The van der Waals surface area contributed by atoms with Crippen LogP contribution in [0.5, 0.6) is 0 Å². The lowest BCUT2D eigenvalue weighted by Gasteiger charge is -2.30. The average Bonchev–Trinajstić information content (AvgIpc) is 3.31. The van der Waals surface area contributed by atoms with Gasteiger partial charge in [-0.1, -0.05) is 29.8 Å². The van der Waals surface area contributed by atoms with Gasteiger partial charge in [-0.15, -0.1) is 0 Å². The predicted octanol–water partition coefficient (Wildman–Crippen LogP) is 1.78. The number of carbonyl (C=O) groups is 3. The molecule has 3 amide bonds. The number of nitrogens with one attached hydrogen (secondary N) is 2. The molecule has 1 spiro atoms. The van der Waals surface area contributed by atoms with Gasteiger partial charge in [-0.05, 0) is 36.8 Å². The van der Waals surface area contributed by atoms with Crippen molar-refractivity contribution in [1.82, 2.24) is 10.2 Å². The highest BCUT2D eigenvalue weighted by Gasteiger charge is 2.71. The SMILES string of the molecule is C[C@@H](O)[C@H]1N[C@]2(C(=O)Nc3ccc(F)cc32)[C@@H]2C(=O)N(Cc3ccccc3Cl)C(=O)[C@H]12. The van der Waals surface area contributed by atoms with E-state index in [1.165, 1.54) is 25.1 Å². The summed E-state index contributed by atoms with van der Waals surface area (Å²) in [7, 11) is 0. The van der Waals surface area contributed by atoms with Crippen LogP contribution < -0.4 is 10.6 Å². The summed E-state index contributed by atoms with van der Waals surface area (Å²) >= 11 is 6.22. The van der Waals surface area contributed by atoms with Crippen LogP contribution in [-0.2, 0) is 26.5 Å². The number of anilines is 1. The van der Waals surface area contributed by atoms with E-state index in [0.717, 1.165) is 4.90 Å². The summed E-state index contributed by atoms with van der Waals surface area (Å²) in [5, 5.41) is 16.5. The number of halogens is 2. The normalized spacial score (nSPS) is 30.0. The largest absolute Gasteiger partial charge is 0.392 e. The number of carbonyl (C=O) groups excluding carboxylic acids is 3. The second-order valence-electron chi connectivity index (χ2n) is 8.22. The number of benzene rings is 2. The number of likely N-dealkylation sites (tertiary alicyclic amines) is 1. The molecular formula is C22H19ClFN3O4. The molecule has 3 aliphatic rings. The molecule has 3 heterocycles. The first kappa shape index (κ1) is 20.1. The summed E-state index contributed by atoms with van der Waals surface area (Å²) < 4.78 is 14.1. The second kappa shape index (κ2) is 6.85. The number of aliphatic hydroxyl groups is 1. The Labute approximate surface area is 182 Å². The highest BCUT2D eigenvalue weighted by Crippen LogP contribution is 2.53. The number of rotatable bonds is 3. The third-order valence-corrected chi connectivity index (χ3v) is 6.88. The van der Waals surface area contributed by atoms with Crippen molar-refractivity contribution in [2.24, 2.45) is 11.8 Å². The Kier molecular flexibility index (Phi) is 4.44. The van der Waals surface area contributed by atoms with E-state index in [9.17, 15) is 23.9 Å². The summed E-state index contributed by atoms with van der Waals surface area (Å²) in [6, 6.07) is 9.82. The third-order valence-electron chi connectivity index (χ3n) is 6.51. The second-order valence-corrected chi connectivity index (χ2v) is 8.63. The number of fused-ring (bicyclic) bond motifs is 4. The highest BCUT2D eigenvalue weighted by atomic mass is 35.5. The summed E-state index contributed by atoms with van der Waals surface area (Å²) in [6.07, 6.45) is -1.03. The summed E-state index contributed by atoms with van der Waals surface area (Å²) in [6.45, 7) is 1.44. The van der Waals surface area contributed by atoms with Gasteiger partial charge in [-0.2, -0.15) is 0 Å².